The summed E-state index contributed by atoms with van der Waals surface area (Å²) in [6.07, 6.45) is 1.59. The molecule has 3 aromatic rings. The van der Waals surface area contributed by atoms with E-state index in [1.807, 2.05) is 32.0 Å². The van der Waals surface area contributed by atoms with Crippen LogP contribution in [-0.4, -0.2) is 16.7 Å². The second-order valence-corrected chi connectivity index (χ2v) is 6.46. The molecule has 0 fully saturated rings. The maximum absolute atomic E-state index is 12.6. The number of anilines is 3. The van der Waals surface area contributed by atoms with Gasteiger partial charge in [-0.2, -0.15) is 0 Å². The van der Waals surface area contributed by atoms with Gasteiger partial charge in [0, 0.05) is 28.7 Å². The van der Waals surface area contributed by atoms with Crippen molar-refractivity contribution in [3.63, 3.8) is 0 Å². The van der Waals surface area contributed by atoms with Gasteiger partial charge in [-0.3, -0.25) is 9.59 Å². The predicted molar refractivity (Wildman–Crippen MR) is 108 cm³/mol. The summed E-state index contributed by atoms with van der Waals surface area (Å²) in [7, 11) is 0. The Hall–Kier alpha value is -3.47. The highest BCUT2D eigenvalue weighted by atomic mass is 16.1. The molecule has 5 nitrogen and oxygen atoms in total. The SMILES string of the molecule is CC(=O)c1ccc(Nc2cc(C(=O)Nc3cc(C)ccc3C)ccn2)cc1. The molecule has 3 rings (SSSR count). The van der Waals surface area contributed by atoms with Gasteiger partial charge in [0.25, 0.3) is 5.91 Å². The number of carbonyl (C=O) groups excluding carboxylic acids is 2. The molecule has 0 saturated heterocycles. The Kier molecular flexibility index (Phi) is 5.31. The topological polar surface area (TPSA) is 71.1 Å². The van der Waals surface area contributed by atoms with Gasteiger partial charge in [0.2, 0.25) is 0 Å². The van der Waals surface area contributed by atoms with Gasteiger partial charge in [-0.1, -0.05) is 12.1 Å². The number of carbonyl (C=O) groups is 2. The van der Waals surface area contributed by atoms with E-state index in [0.717, 1.165) is 22.5 Å². The standard InChI is InChI=1S/C22H21N3O2/c1-14-4-5-15(2)20(12-14)25-22(27)18-10-11-23-21(13-18)24-19-8-6-17(7-9-19)16(3)26/h4-13H,1-3H3,(H,23,24)(H,25,27). The fourth-order valence-electron chi connectivity index (χ4n) is 2.64. The molecule has 0 radical (unpaired) electrons. The molecule has 0 unspecified atom stereocenters. The Labute approximate surface area is 158 Å². The van der Waals surface area contributed by atoms with Crippen LogP contribution in [0.2, 0.25) is 0 Å². The molecule has 0 saturated carbocycles. The molecular weight excluding hydrogens is 338 g/mol. The van der Waals surface area contributed by atoms with Crippen LogP contribution in [0.25, 0.3) is 0 Å². The minimum Gasteiger partial charge on any atom is -0.340 e. The third kappa shape index (κ3) is 4.58. The van der Waals surface area contributed by atoms with Crippen molar-refractivity contribution in [2.75, 3.05) is 10.6 Å². The first-order valence-electron chi connectivity index (χ1n) is 8.65. The smallest absolute Gasteiger partial charge is 0.255 e. The molecule has 2 N–H and O–H groups in total. The molecule has 5 heteroatoms. The predicted octanol–water partition coefficient (Wildman–Crippen LogP) is 4.90. The normalized spacial score (nSPS) is 10.3. The molecule has 0 aliphatic carbocycles. The monoisotopic (exact) mass is 359 g/mol. The molecule has 0 atom stereocenters. The van der Waals surface area contributed by atoms with E-state index in [9.17, 15) is 9.59 Å². The number of nitrogens with zero attached hydrogens (tertiary/aromatic N) is 1. The summed E-state index contributed by atoms with van der Waals surface area (Å²) in [6.45, 7) is 5.47. The van der Waals surface area contributed by atoms with Crippen molar-refractivity contribution in [3.8, 4) is 0 Å². The number of Topliss-reactive ketones (excluding diaryl/α,β-unsaturated/α-hetero) is 1. The Morgan fingerprint density at radius 2 is 1.63 bits per heavy atom. The number of hydrogen-bond donors (Lipinski definition) is 2. The van der Waals surface area contributed by atoms with E-state index in [1.54, 1.807) is 42.6 Å². The molecule has 1 amide bonds. The lowest BCUT2D eigenvalue weighted by atomic mass is 10.1. The van der Waals surface area contributed by atoms with Crippen LogP contribution in [-0.2, 0) is 0 Å². The van der Waals surface area contributed by atoms with Crippen LogP contribution in [0.4, 0.5) is 17.2 Å². The zero-order valence-corrected chi connectivity index (χ0v) is 15.5. The molecule has 27 heavy (non-hydrogen) atoms. The van der Waals surface area contributed by atoms with E-state index in [2.05, 4.69) is 15.6 Å². The maximum Gasteiger partial charge on any atom is 0.255 e. The van der Waals surface area contributed by atoms with Gasteiger partial charge in [-0.05, 0) is 74.4 Å². The summed E-state index contributed by atoms with van der Waals surface area (Å²) >= 11 is 0. The van der Waals surface area contributed by atoms with Crippen molar-refractivity contribution >= 4 is 28.9 Å². The second-order valence-electron chi connectivity index (χ2n) is 6.46. The van der Waals surface area contributed by atoms with Gasteiger partial charge in [0.15, 0.2) is 5.78 Å². The number of rotatable bonds is 5. The molecule has 0 aliphatic rings. The van der Waals surface area contributed by atoms with Gasteiger partial charge in [-0.25, -0.2) is 4.98 Å². The average Bonchev–Trinajstić information content (AvgIpc) is 2.65. The number of hydrogen-bond acceptors (Lipinski definition) is 4. The number of aromatic nitrogens is 1. The molecule has 0 aliphatic heterocycles. The zero-order chi connectivity index (χ0) is 19.4. The second kappa shape index (κ2) is 7.83. The van der Waals surface area contributed by atoms with Crippen LogP contribution in [0.1, 0.15) is 38.8 Å². The number of ketones is 1. The molecule has 136 valence electrons. The quantitative estimate of drug-likeness (QED) is 0.636. The number of pyridine rings is 1. The van der Waals surface area contributed by atoms with E-state index in [1.165, 1.54) is 6.92 Å². The largest absolute Gasteiger partial charge is 0.340 e. The Morgan fingerprint density at radius 1 is 0.889 bits per heavy atom. The number of nitrogens with one attached hydrogen (secondary N) is 2. The lowest BCUT2D eigenvalue weighted by molar-refractivity contribution is 0.101. The van der Waals surface area contributed by atoms with E-state index < -0.39 is 0 Å². The summed E-state index contributed by atoms with van der Waals surface area (Å²) in [5.41, 5.74) is 4.84. The fourth-order valence-corrected chi connectivity index (χ4v) is 2.64. The number of aryl methyl sites for hydroxylation is 2. The van der Waals surface area contributed by atoms with Crippen LogP contribution in [0.3, 0.4) is 0 Å². The minimum atomic E-state index is -0.193. The lowest BCUT2D eigenvalue weighted by Crippen LogP contribution is -2.13. The summed E-state index contributed by atoms with van der Waals surface area (Å²) in [6, 6.07) is 16.4. The van der Waals surface area contributed by atoms with E-state index in [4.69, 9.17) is 0 Å². The van der Waals surface area contributed by atoms with Crippen molar-refractivity contribution in [1.29, 1.82) is 0 Å². The molecular formula is C22H21N3O2. The highest BCUT2D eigenvalue weighted by Gasteiger charge is 2.09. The molecule has 2 aromatic carbocycles. The minimum absolute atomic E-state index is 0.0183. The highest BCUT2D eigenvalue weighted by Crippen LogP contribution is 2.19. The zero-order valence-electron chi connectivity index (χ0n) is 15.5. The van der Waals surface area contributed by atoms with Crippen molar-refractivity contribution in [1.82, 2.24) is 4.98 Å². The molecule has 1 aromatic heterocycles. The summed E-state index contributed by atoms with van der Waals surface area (Å²) < 4.78 is 0. The number of benzene rings is 2. The highest BCUT2D eigenvalue weighted by molar-refractivity contribution is 6.05. The van der Waals surface area contributed by atoms with Crippen molar-refractivity contribution < 1.29 is 9.59 Å². The van der Waals surface area contributed by atoms with Gasteiger partial charge in [0.1, 0.15) is 5.82 Å². The third-order valence-corrected chi connectivity index (χ3v) is 4.23. The van der Waals surface area contributed by atoms with Gasteiger partial charge in [-0.15, -0.1) is 0 Å². The fraction of sp³-hybridized carbons (Fsp3) is 0.136. The Morgan fingerprint density at radius 3 is 2.33 bits per heavy atom. The first-order valence-corrected chi connectivity index (χ1v) is 8.65. The van der Waals surface area contributed by atoms with Crippen LogP contribution in [0, 0.1) is 13.8 Å². The van der Waals surface area contributed by atoms with Gasteiger partial charge in [0.05, 0.1) is 0 Å². The van der Waals surface area contributed by atoms with Crippen LogP contribution in [0.15, 0.2) is 60.8 Å². The van der Waals surface area contributed by atoms with E-state index >= 15 is 0 Å². The summed E-state index contributed by atoms with van der Waals surface area (Å²) in [5, 5.41) is 6.09. The molecule has 0 bridgehead atoms. The van der Waals surface area contributed by atoms with Crippen molar-refractivity contribution in [3.05, 3.63) is 83.0 Å². The van der Waals surface area contributed by atoms with Crippen molar-refractivity contribution in [2.45, 2.75) is 20.8 Å². The Bertz CT molecular complexity index is 995. The molecule has 1 heterocycles. The first kappa shape index (κ1) is 18.3. The number of amides is 1. The van der Waals surface area contributed by atoms with E-state index in [0.29, 0.717) is 16.9 Å². The van der Waals surface area contributed by atoms with Gasteiger partial charge >= 0.3 is 0 Å². The molecule has 0 spiro atoms. The third-order valence-electron chi connectivity index (χ3n) is 4.23. The average molecular weight is 359 g/mol. The Balaban J connectivity index is 1.75. The van der Waals surface area contributed by atoms with E-state index in [-0.39, 0.29) is 11.7 Å². The summed E-state index contributed by atoms with van der Waals surface area (Å²) in [5.74, 6) is 0.380. The van der Waals surface area contributed by atoms with Crippen molar-refractivity contribution in [2.24, 2.45) is 0 Å². The van der Waals surface area contributed by atoms with Gasteiger partial charge < -0.3 is 10.6 Å². The first-order chi connectivity index (χ1) is 12.9. The lowest BCUT2D eigenvalue weighted by Gasteiger charge is -2.11. The van der Waals surface area contributed by atoms with Crippen LogP contribution >= 0.6 is 0 Å². The maximum atomic E-state index is 12.6. The van der Waals surface area contributed by atoms with Crippen LogP contribution in [0.5, 0.6) is 0 Å². The van der Waals surface area contributed by atoms with Crippen LogP contribution < -0.4 is 10.6 Å². The summed E-state index contributed by atoms with van der Waals surface area (Å²) in [4.78, 5) is 28.2.